The zero-order chi connectivity index (χ0) is 18.6. The van der Waals surface area contributed by atoms with Crippen molar-refractivity contribution in [1.82, 2.24) is 5.32 Å². The highest BCUT2D eigenvalue weighted by Crippen LogP contribution is 2.20. The van der Waals surface area contributed by atoms with Crippen LogP contribution in [0.25, 0.3) is 0 Å². The molecule has 0 radical (unpaired) electrons. The Labute approximate surface area is 157 Å². The van der Waals surface area contributed by atoms with Crippen LogP contribution in [0.15, 0.2) is 42.5 Å². The Bertz CT molecular complexity index is 782. The molecule has 3 N–H and O–H groups in total. The van der Waals surface area contributed by atoms with Crippen LogP contribution in [0, 0.1) is 15.9 Å². The van der Waals surface area contributed by atoms with E-state index < -0.39 is 28.4 Å². The van der Waals surface area contributed by atoms with E-state index >= 15 is 0 Å². The summed E-state index contributed by atoms with van der Waals surface area (Å²) in [4.78, 5) is 22.4. The largest absolute Gasteiger partial charge is 0.350 e. The molecule has 6 nitrogen and oxygen atoms in total. The third kappa shape index (κ3) is 5.24. The van der Waals surface area contributed by atoms with E-state index in [2.05, 4.69) is 19.2 Å². The van der Waals surface area contributed by atoms with Gasteiger partial charge < -0.3 is 11.1 Å². The number of carbonyl (C=O) groups is 1. The van der Waals surface area contributed by atoms with Crippen LogP contribution in [-0.2, 0) is 0 Å². The summed E-state index contributed by atoms with van der Waals surface area (Å²) in [5, 5.41) is 13.5. The molecule has 1 amide bonds. The lowest BCUT2D eigenvalue weighted by atomic mass is 9.99. The van der Waals surface area contributed by atoms with Crippen molar-refractivity contribution >= 4 is 24.0 Å². The maximum Gasteiger partial charge on any atom is 0.282 e. The Morgan fingerprint density at radius 1 is 1.19 bits per heavy atom. The first-order chi connectivity index (χ1) is 11.8. The minimum Gasteiger partial charge on any atom is -0.350 e. The molecule has 0 heterocycles. The number of amides is 1. The van der Waals surface area contributed by atoms with Crippen LogP contribution in [0.2, 0.25) is 0 Å². The van der Waals surface area contributed by atoms with Crippen molar-refractivity contribution in [2.75, 3.05) is 6.54 Å². The summed E-state index contributed by atoms with van der Waals surface area (Å²) in [6.45, 7) is 4.25. The average molecular weight is 382 g/mol. The molecule has 0 bridgehead atoms. The topological polar surface area (TPSA) is 98.3 Å². The van der Waals surface area contributed by atoms with E-state index in [1.165, 1.54) is 5.56 Å². The summed E-state index contributed by atoms with van der Waals surface area (Å²) >= 11 is 0. The number of benzene rings is 2. The van der Waals surface area contributed by atoms with E-state index in [-0.39, 0.29) is 24.5 Å². The Morgan fingerprint density at radius 2 is 1.77 bits per heavy atom. The highest BCUT2D eigenvalue weighted by molar-refractivity contribution is 5.98. The van der Waals surface area contributed by atoms with E-state index in [0.29, 0.717) is 5.92 Å². The monoisotopic (exact) mass is 381 g/mol. The number of rotatable bonds is 6. The Hall–Kier alpha value is -2.51. The molecule has 1 unspecified atom stereocenters. The van der Waals surface area contributed by atoms with Gasteiger partial charge in [0.15, 0.2) is 0 Å². The summed E-state index contributed by atoms with van der Waals surface area (Å²) in [7, 11) is 0. The SMILES string of the molecule is CC(C)c1ccc(C(N)CNC(=O)c2cc(F)ccc2[N+](=O)[O-])cc1.Cl. The van der Waals surface area contributed by atoms with Gasteiger partial charge in [-0.25, -0.2) is 4.39 Å². The smallest absolute Gasteiger partial charge is 0.282 e. The van der Waals surface area contributed by atoms with Crippen molar-refractivity contribution in [3.8, 4) is 0 Å². The Balaban J connectivity index is 0.00000338. The molecule has 0 saturated heterocycles. The summed E-state index contributed by atoms with van der Waals surface area (Å²) in [6, 6.07) is 9.99. The van der Waals surface area contributed by atoms with Crippen LogP contribution in [0.1, 0.15) is 47.3 Å². The third-order valence-electron chi connectivity index (χ3n) is 3.91. The molecule has 2 rings (SSSR count). The van der Waals surface area contributed by atoms with Gasteiger partial charge in [0.2, 0.25) is 0 Å². The maximum atomic E-state index is 13.3. The number of nitrogens with one attached hydrogen (secondary N) is 1. The van der Waals surface area contributed by atoms with Crippen LogP contribution >= 0.6 is 12.4 Å². The van der Waals surface area contributed by atoms with Gasteiger partial charge in [0.1, 0.15) is 11.4 Å². The van der Waals surface area contributed by atoms with E-state index in [9.17, 15) is 19.3 Å². The number of halogens is 2. The molecule has 0 aliphatic carbocycles. The lowest BCUT2D eigenvalue weighted by molar-refractivity contribution is -0.385. The van der Waals surface area contributed by atoms with Gasteiger partial charge >= 0.3 is 0 Å². The van der Waals surface area contributed by atoms with Crippen molar-refractivity contribution < 1.29 is 14.1 Å². The van der Waals surface area contributed by atoms with E-state index in [1.54, 1.807) is 0 Å². The first kappa shape index (κ1) is 21.5. The second-order valence-corrected chi connectivity index (χ2v) is 6.06. The number of nitro benzene ring substituents is 1. The number of hydrogen-bond acceptors (Lipinski definition) is 4. The molecular weight excluding hydrogens is 361 g/mol. The minimum atomic E-state index is -0.736. The van der Waals surface area contributed by atoms with Gasteiger partial charge in [-0.3, -0.25) is 14.9 Å². The highest BCUT2D eigenvalue weighted by Gasteiger charge is 2.21. The predicted molar refractivity (Wildman–Crippen MR) is 100 cm³/mol. The second-order valence-electron chi connectivity index (χ2n) is 6.06. The Morgan fingerprint density at radius 3 is 2.31 bits per heavy atom. The molecule has 2 aromatic carbocycles. The van der Waals surface area contributed by atoms with Crippen LogP contribution in [0.4, 0.5) is 10.1 Å². The van der Waals surface area contributed by atoms with Gasteiger partial charge in [0.25, 0.3) is 11.6 Å². The van der Waals surface area contributed by atoms with Crippen LogP contribution < -0.4 is 11.1 Å². The summed E-state index contributed by atoms with van der Waals surface area (Å²) in [5.74, 6) is -1.05. The van der Waals surface area contributed by atoms with Crippen LogP contribution in [-0.4, -0.2) is 17.4 Å². The molecule has 1 atom stereocenters. The number of carbonyl (C=O) groups excluding carboxylic acids is 1. The molecule has 140 valence electrons. The van der Waals surface area contributed by atoms with Crippen LogP contribution in [0.3, 0.4) is 0 Å². The molecule has 0 aliphatic heterocycles. The van der Waals surface area contributed by atoms with Crippen molar-refractivity contribution in [3.63, 3.8) is 0 Å². The third-order valence-corrected chi connectivity index (χ3v) is 3.91. The number of nitrogens with two attached hydrogens (primary N) is 1. The van der Waals surface area contributed by atoms with Gasteiger partial charge in [-0.2, -0.15) is 0 Å². The normalized spacial score (nSPS) is 11.6. The summed E-state index contributed by atoms with van der Waals surface area (Å²) in [5.41, 5.74) is 7.28. The number of nitro groups is 1. The quantitative estimate of drug-likeness (QED) is 0.588. The molecule has 0 fully saturated rings. The summed E-state index contributed by atoms with van der Waals surface area (Å²) in [6.07, 6.45) is 0. The van der Waals surface area contributed by atoms with Crippen molar-refractivity contribution in [1.29, 1.82) is 0 Å². The van der Waals surface area contributed by atoms with Crippen molar-refractivity contribution in [3.05, 3.63) is 75.1 Å². The van der Waals surface area contributed by atoms with E-state index in [0.717, 1.165) is 23.8 Å². The molecular formula is C18H21ClFN3O3. The van der Waals surface area contributed by atoms with Crippen molar-refractivity contribution in [2.24, 2.45) is 5.73 Å². The molecule has 0 spiro atoms. The van der Waals surface area contributed by atoms with E-state index in [4.69, 9.17) is 5.73 Å². The standard InChI is InChI=1S/C18H20FN3O3.ClH/c1-11(2)12-3-5-13(6-4-12)16(20)10-21-18(23)15-9-14(19)7-8-17(15)22(24)25;/h3-9,11,16H,10,20H2,1-2H3,(H,21,23);1H. The molecule has 2 aromatic rings. The first-order valence-corrected chi connectivity index (χ1v) is 7.87. The fraction of sp³-hybridized carbons (Fsp3) is 0.278. The van der Waals surface area contributed by atoms with Crippen molar-refractivity contribution in [2.45, 2.75) is 25.8 Å². The van der Waals surface area contributed by atoms with E-state index in [1.807, 2.05) is 24.3 Å². The van der Waals surface area contributed by atoms with Gasteiger partial charge in [-0.1, -0.05) is 38.1 Å². The number of hydrogen-bond donors (Lipinski definition) is 2. The fourth-order valence-corrected chi connectivity index (χ4v) is 2.39. The maximum absolute atomic E-state index is 13.3. The minimum absolute atomic E-state index is 0. The highest BCUT2D eigenvalue weighted by atomic mass is 35.5. The zero-order valence-electron chi connectivity index (χ0n) is 14.4. The summed E-state index contributed by atoms with van der Waals surface area (Å²) < 4.78 is 13.3. The van der Waals surface area contributed by atoms with Gasteiger partial charge in [-0.05, 0) is 29.2 Å². The van der Waals surface area contributed by atoms with Gasteiger partial charge in [-0.15, -0.1) is 12.4 Å². The average Bonchev–Trinajstić information content (AvgIpc) is 2.59. The lowest BCUT2D eigenvalue weighted by Gasteiger charge is -2.14. The Kier molecular flexibility index (Phi) is 7.67. The lowest BCUT2D eigenvalue weighted by Crippen LogP contribution is -2.32. The number of nitrogens with zero attached hydrogens (tertiary/aromatic N) is 1. The van der Waals surface area contributed by atoms with Gasteiger partial charge in [0.05, 0.1) is 4.92 Å². The first-order valence-electron chi connectivity index (χ1n) is 7.87. The molecule has 8 heteroatoms. The van der Waals surface area contributed by atoms with Gasteiger partial charge in [0, 0.05) is 18.7 Å². The van der Waals surface area contributed by atoms with Crippen LogP contribution in [0.5, 0.6) is 0 Å². The second kappa shape index (κ2) is 9.26. The fourth-order valence-electron chi connectivity index (χ4n) is 2.39. The zero-order valence-corrected chi connectivity index (χ0v) is 15.3. The predicted octanol–water partition coefficient (Wildman–Crippen LogP) is 3.71. The molecule has 0 saturated carbocycles. The molecule has 26 heavy (non-hydrogen) atoms. The molecule has 0 aromatic heterocycles. The molecule has 0 aliphatic rings.